The Balaban J connectivity index is 0.943. The maximum Gasteiger partial charge on any atom is 0.164 e. The molecule has 0 bridgehead atoms. The van der Waals surface area contributed by atoms with E-state index in [9.17, 15) is 0 Å². The second-order valence-electron chi connectivity index (χ2n) is 16.0. The number of hydrogen-bond acceptors (Lipinski definition) is 4. The summed E-state index contributed by atoms with van der Waals surface area (Å²) >= 11 is 1.85. The van der Waals surface area contributed by atoms with E-state index in [1.807, 2.05) is 30.0 Å². The first-order valence-corrected chi connectivity index (χ1v) is 22.0. The second kappa shape index (κ2) is 14.3. The molecule has 6 heteroatoms. The standard InChI is InChI=1S/C57H35N5S/c1-4-15-37(16-5-1)42-32-33-45(44-22-11-10-21-43(42)44)56-59-54(38-17-6-2-7-18-38)58-55(60-56)39-29-27-36(28-30-39)40-31-34-50-49(35-40)62-53-47(24-14-26-51(53)63-50)52-46-23-12-13-25-48(46)61(57(52)62)41-19-8-3-9-20-41/h1-35H. The van der Waals surface area contributed by atoms with Gasteiger partial charge in [-0.15, -0.1) is 0 Å². The molecule has 0 amide bonds. The summed E-state index contributed by atoms with van der Waals surface area (Å²) in [6, 6.07) is 75.4. The fraction of sp³-hybridized carbons (Fsp3) is 0. The first-order valence-electron chi connectivity index (χ1n) is 21.2. The van der Waals surface area contributed by atoms with Crippen LogP contribution in [0.25, 0.3) is 111 Å². The minimum absolute atomic E-state index is 0.630. The average Bonchev–Trinajstić information content (AvgIpc) is 3.88. The highest BCUT2D eigenvalue weighted by Gasteiger charge is 2.28. The van der Waals surface area contributed by atoms with Crippen molar-refractivity contribution in [2.24, 2.45) is 0 Å². The molecule has 0 fully saturated rings. The largest absolute Gasteiger partial charge is 0.295 e. The molecule has 294 valence electrons. The molecule has 0 aliphatic carbocycles. The van der Waals surface area contributed by atoms with Gasteiger partial charge in [-0.25, -0.2) is 15.0 Å². The van der Waals surface area contributed by atoms with Crippen LogP contribution in [-0.4, -0.2) is 24.1 Å². The van der Waals surface area contributed by atoms with Crippen molar-refractivity contribution in [1.82, 2.24) is 24.1 Å². The molecule has 0 unspecified atom stereocenters. The van der Waals surface area contributed by atoms with Gasteiger partial charge >= 0.3 is 0 Å². The van der Waals surface area contributed by atoms with Crippen LogP contribution in [0.1, 0.15) is 0 Å². The van der Waals surface area contributed by atoms with E-state index in [1.165, 1.54) is 59.4 Å². The van der Waals surface area contributed by atoms with Crippen LogP contribution in [0, 0.1) is 0 Å². The number of hydrogen-bond donors (Lipinski definition) is 0. The zero-order valence-electron chi connectivity index (χ0n) is 33.9. The molecule has 0 radical (unpaired) electrons. The van der Waals surface area contributed by atoms with Gasteiger partial charge < -0.3 is 0 Å². The highest BCUT2D eigenvalue weighted by Crippen LogP contribution is 2.50. The number of aromatic nitrogens is 5. The molecule has 0 saturated heterocycles. The van der Waals surface area contributed by atoms with Gasteiger partial charge in [0.2, 0.25) is 0 Å². The third-order valence-electron chi connectivity index (χ3n) is 12.4. The van der Waals surface area contributed by atoms with Gasteiger partial charge in [0, 0.05) is 48.3 Å². The molecule has 9 aromatic carbocycles. The molecule has 3 aromatic heterocycles. The first kappa shape index (κ1) is 35.7. The molecule has 12 aromatic rings. The summed E-state index contributed by atoms with van der Waals surface area (Å²) in [6.45, 7) is 0. The van der Waals surface area contributed by atoms with Crippen LogP contribution in [0.15, 0.2) is 222 Å². The predicted octanol–water partition coefficient (Wildman–Crippen LogP) is 14.9. The van der Waals surface area contributed by atoms with Crippen molar-refractivity contribution in [1.29, 1.82) is 0 Å². The average molecular weight is 822 g/mol. The van der Waals surface area contributed by atoms with Crippen molar-refractivity contribution < 1.29 is 0 Å². The maximum atomic E-state index is 5.20. The summed E-state index contributed by atoms with van der Waals surface area (Å²) in [5, 5.41) is 6.06. The second-order valence-corrected chi connectivity index (χ2v) is 17.1. The summed E-state index contributed by atoms with van der Waals surface area (Å²) in [5.41, 5.74) is 13.4. The summed E-state index contributed by atoms with van der Waals surface area (Å²) in [7, 11) is 0. The van der Waals surface area contributed by atoms with E-state index < -0.39 is 0 Å². The van der Waals surface area contributed by atoms with Gasteiger partial charge in [0.15, 0.2) is 17.5 Å². The minimum atomic E-state index is 0.630. The SMILES string of the molecule is c1ccc(-c2nc(-c3ccc(-c4ccc5c(c4)-n4c6c(cccc6c6c7ccccc7n(-c7ccccc7)c64)S5)cc3)nc(-c3ccc(-c4ccccc4)c4ccccc34)n2)cc1. The van der Waals surface area contributed by atoms with Crippen LogP contribution < -0.4 is 0 Å². The molecule has 63 heavy (non-hydrogen) atoms. The van der Waals surface area contributed by atoms with E-state index in [1.54, 1.807) is 0 Å². The van der Waals surface area contributed by atoms with Crippen molar-refractivity contribution >= 4 is 55.4 Å². The van der Waals surface area contributed by atoms with Gasteiger partial charge in [-0.3, -0.25) is 9.13 Å². The van der Waals surface area contributed by atoms with Crippen LogP contribution in [0.5, 0.6) is 0 Å². The molecule has 13 rings (SSSR count). The fourth-order valence-electron chi connectivity index (χ4n) is 9.51. The van der Waals surface area contributed by atoms with E-state index in [4.69, 9.17) is 15.0 Å². The van der Waals surface area contributed by atoms with Crippen molar-refractivity contribution in [3.05, 3.63) is 212 Å². The highest BCUT2D eigenvalue weighted by molar-refractivity contribution is 7.99. The predicted molar refractivity (Wildman–Crippen MR) is 260 cm³/mol. The lowest BCUT2D eigenvalue weighted by atomic mass is 9.94. The van der Waals surface area contributed by atoms with Gasteiger partial charge in [0.25, 0.3) is 0 Å². The molecule has 5 nitrogen and oxygen atoms in total. The third kappa shape index (κ3) is 5.69. The van der Waals surface area contributed by atoms with E-state index >= 15 is 0 Å². The summed E-state index contributed by atoms with van der Waals surface area (Å²) in [6.07, 6.45) is 0. The summed E-state index contributed by atoms with van der Waals surface area (Å²) in [4.78, 5) is 17.9. The Bertz CT molecular complexity index is 3740. The quantitative estimate of drug-likeness (QED) is 0.168. The maximum absolute atomic E-state index is 5.20. The molecule has 1 aliphatic heterocycles. The molecular weight excluding hydrogens is 787 g/mol. The molecule has 0 N–H and O–H groups in total. The lowest BCUT2D eigenvalue weighted by Gasteiger charge is -2.22. The lowest BCUT2D eigenvalue weighted by molar-refractivity contribution is 1.03. The van der Waals surface area contributed by atoms with Crippen LogP contribution in [-0.2, 0) is 0 Å². The van der Waals surface area contributed by atoms with E-state index in [0.717, 1.165) is 44.3 Å². The van der Waals surface area contributed by atoms with E-state index in [0.29, 0.717) is 17.5 Å². The normalized spacial score (nSPS) is 12.1. The molecular formula is C57H35N5S. The Labute approximate surface area is 367 Å². The molecule has 4 heterocycles. The van der Waals surface area contributed by atoms with Gasteiger partial charge in [-0.05, 0) is 75.5 Å². The minimum Gasteiger partial charge on any atom is -0.295 e. The Kier molecular flexibility index (Phi) is 8.08. The highest BCUT2D eigenvalue weighted by atomic mass is 32.2. The topological polar surface area (TPSA) is 48.5 Å². The Morgan fingerprint density at radius 1 is 0.349 bits per heavy atom. The Morgan fingerprint density at radius 2 is 0.905 bits per heavy atom. The van der Waals surface area contributed by atoms with Gasteiger partial charge in [-0.2, -0.15) is 0 Å². The van der Waals surface area contributed by atoms with Gasteiger partial charge in [-0.1, -0.05) is 182 Å². The smallest absolute Gasteiger partial charge is 0.164 e. The number of para-hydroxylation sites is 3. The fourth-order valence-corrected chi connectivity index (χ4v) is 10.6. The summed E-state index contributed by atoms with van der Waals surface area (Å²) in [5.74, 6) is 1.91. The third-order valence-corrected chi connectivity index (χ3v) is 13.5. The van der Waals surface area contributed by atoms with Crippen LogP contribution in [0.2, 0.25) is 0 Å². The number of benzene rings is 9. The number of fused-ring (bicyclic) bond motifs is 8. The van der Waals surface area contributed by atoms with E-state index in [2.05, 4.69) is 203 Å². The zero-order chi connectivity index (χ0) is 41.4. The molecule has 0 atom stereocenters. The Hall–Kier alpha value is -8.06. The van der Waals surface area contributed by atoms with Crippen molar-refractivity contribution in [2.75, 3.05) is 0 Å². The van der Waals surface area contributed by atoms with Gasteiger partial charge in [0.05, 0.1) is 16.7 Å². The lowest BCUT2D eigenvalue weighted by Crippen LogP contribution is -2.06. The van der Waals surface area contributed by atoms with Crippen molar-refractivity contribution in [3.63, 3.8) is 0 Å². The van der Waals surface area contributed by atoms with Crippen molar-refractivity contribution in [3.8, 4) is 67.8 Å². The molecule has 1 aliphatic rings. The molecule has 0 spiro atoms. The number of rotatable bonds is 6. The zero-order valence-corrected chi connectivity index (χ0v) is 34.7. The Morgan fingerprint density at radius 3 is 1.65 bits per heavy atom. The molecule has 0 saturated carbocycles. The number of nitrogens with zero attached hydrogens (tertiary/aromatic N) is 5. The van der Waals surface area contributed by atoms with Crippen LogP contribution >= 0.6 is 11.8 Å². The van der Waals surface area contributed by atoms with Crippen LogP contribution in [0.4, 0.5) is 0 Å². The van der Waals surface area contributed by atoms with Gasteiger partial charge in [0.1, 0.15) is 5.65 Å². The van der Waals surface area contributed by atoms with Crippen molar-refractivity contribution in [2.45, 2.75) is 9.79 Å². The first-order chi connectivity index (χ1) is 31.2. The monoisotopic (exact) mass is 821 g/mol. The van der Waals surface area contributed by atoms with Crippen LogP contribution in [0.3, 0.4) is 0 Å². The van der Waals surface area contributed by atoms with E-state index in [-0.39, 0.29) is 0 Å². The summed E-state index contributed by atoms with van der Waals surface area (Å²) < 4.78 is 4.94.